The molecule has 0 radical (unpaired) electrons. The van der Waals surface area contributed by atoms with Crippen molar-refractivity contribution in [3.05, 3.63) is 52.3 Å². The van der Waals surface area contributed by atoms with Gasteiger partial charge in [-0.3, -0.25) is 9.78 Å². The molecule has 0 aliphatic heterocycles. The molecular formula is C17H19Cl2N3O. The van der Waals surface area contributed by atoms with Gasteiger partial charge in [-0.25, -0.2) is 0 Å². The molecule has 23 heavy (non-hydrogen) atoms. The van der Waals surface area contributed by atoms with Crippen LogP contribution in [0.1, 0.15) is 30.6 Å². The molecule has 0 saturated carbocycles. The van der Waals surface area contributed by atoms with E-state index < -0.39 is 0 Å². The van der Waals surface area contributed by atoms with Crippen LogP contribution in [-0.2, 0) is 0 Å². The van der Waals surface area contributed by atoms with Gasteiger partial charge in [-0.1, -0.05) is 37.0 Å². The molecule has 4 nitrogen and oxygen atoms in total. The van der Waals surface area contributed by atoms with Crippen molar-refractivity contribution in [1.29, 1.82) is 0 Å². The van der Waals surface area contributed by atoms with Gasteiger partial charge >= 0.3 is 0 Å². The third kappa shape index (κ3) is 5.41. The minimum absolute atomic E-state index is 0.283. The maximum Gasteiger partial charge on any atom is 0.257 e. The molecule has 0 aliphatic carbocycles. The van der Waals surface area contributed by atoms with E-state index in [1.807, 2.05) is 0 Å². The third-order valence-corrected chi connectivity index (χ3v) is 3.79. The fraction of sp³-hybridized carbons (Fsp3) is 0.294. The fourth-order valence-electron chi connectivity index (χ4n) is 1.95. The lowest BCUT2D eigenvalue weighted by Crippen LogP contribution is -2.13. The lowest BCUT2D eigenvalue weighted by atomic mass is 10.1. The first-order chi connectivity index (χ1) is 11.0. The van der Waals surface area contributed by atoms with Gasteiger partial charge in [0.1, 0.15) is 0 Å². The number of benzene rings is 1. The van der Waals surface area contributed by atoms with Gasteiger partial charge in [0.2, 0.25) is 0 Å². The van der Waals surface area contributed by atoms with Gasteiger partial charge in [0, 0.05) is 24.0 Å². The summed E-state index contributed by atoms with van der Waals surface area (Å²) in [6.45, 7) is 5.17. The van der Waals surface area contributed by atoms with Gasteiger partial charge in [0.15, 0.2) is 0 Å². The molecule has 0 unspecified atom stereocenters. The number of carbonyl (C=O) groups is 1. The highest BCUT2D eigenvalue weighted by molar-refractivity contribution is 6.35. The first kappa shape index (κ1) is 17.6. The minimum atomic E-state index is -0.283. The summed E-state index contributed by atoms with van der Waals surface area (Å²) in [5.41, 5.74) is 1.74. The van der Waals surface area contributed by atoms with Crippen molar-refractivity contribution in [2.45, 2.75) is 20.3 Å². The first-order valence-electron chi connectivity index (χ1n) is 7.41. The molecular weight excluding hydrogens is 333 g/mol. The second-order valence-electron chi connectivity index (χ2n) is 5.65. The smallest absolute Gasteiger partial charge is 0.257 e. The van der Waals surface area contributed by atoms with Crippen molar-refractivity contribution >= 4 is 40.5 Å². The van der Waals surface area contributed by atoms with Crippen LogP contribution < -0.4 is 10.6 Å². The van der Waals surface area contributed by atoms with Crippen molar-refractivity contribution in [2.75, 3.05) is 17.2 Å². The van der Waals surface area contributed by atoms with Crippen LogP contribution in [0.2, 0.25) is 10.0 Å². The zero-order valence-electron chi connectivity index (χ0n) is 13.1. The third-order valence-electron chi connectivity index (χ3n) is 3.23. The van der Waals surface area contributed by atoms with Crippen LogP contribution in [0, 0.1) is 5.92 Å². The molecule has 122 valence electrons. The van der Waals surface area contributed by atoms with Gasteiger partial charge in [-0.15, -0.1) is 0 Å². The van der Waals surface area contributed by atoms with Crippen molar-refractivity contribution in [1.82, 2.24) is 4.98 Å². The summed E-state index contributed by atoms with van der Waals surface area (Å²) in [6.07, 6.45) is 4.26. The summed E-state index contributed by atoms with van der Waals surface area (Å²) in [5.74, 6) is 0.334. The summed E-state index contributed by atoms with van der Waals surface area (Å²) < 4.78 is 0. The monoisotopic (exact) mass is 351 g/mol. The van der Waals surface area contributed by atoms with Crippen LogP contribution in [-0.4, -0.2) is 17.4 Å². The van der Waals surface area contributed by atoms with Crippen molar-refractivity contribution in [2.24, 2.45) is 5.92 Å². The maximum absolute atomic E-state index is 12.3. The highest BCUT2D eigenvalue weighted by atomic mass is 35.5. The summed E-state index contributed by atoms with van der Waals surface area (Å²) in [7, 11) is 0. The number of anilines is 2. The molecule has 0 saturated heterocycles. The lowest BCUT2D eigenvalue weighted by molar-refractivity contribution is 0.102. The number of rotatable bonds is 6. The predicted octanol–water partition coefficient (Wildman–Crippen LogP) is 5.10. The van der Waals surface area contributed by atoms with E-state index in [2.05, 4.69) is 29.5 Å². The minimum Gasteiger partial charge on any atom is -0.384 e. The number of halogens is 2. The highest BCUT2D eigenvalue weighted by Gasteiger charge is 2.10. The first-order valence-corrected chi connectivity index (χ1v) is 8.16. The molecule has 0 spiro atoms. The fourth-order valence-corrected chi connectivity index (χ4v) is 2.29. The molecule has 1 amide bonds. The Kier molecular flexibility index (Phi) is 6.25. The largest absolute Gasteiger partial charge is 0.384 e. The van der Waals surface area contributed by atoms with E-state index in [1.54, 1.807) is 30.5 Å². The lowest BCUT2D eigenvalue weighted by Gasteiger charge is -2.10. The average molecular weight is 352 g/mol. The molecule has 1 aromatic carbocycles. The topological polar surface area (TPSA) is 54.0 Å². The summed E-state index contributed by atoms with van der Waals surface area (Å²) in [5, 5.41) is 6.95. The van der Waals surface area contributed by atoms with Gasteiger partial charge < -0.3 is 10.6 Å². The van der Waals surface area contributed by atoms with Crippen molar-refractivity contribution in [3.8, 4) is 0 Å². The highest BCUT2D eigenvalue weighted by Crippen LogP contribution is 2.26. The molecule has 2 aromatic rings. The number of carbonyl (C=O) groups excluding carboxylic acids is 1. The SMILES string of the molecule is CC(C)CCNc1cncc(C(=O)Nc2cc(Cl)ccc2Cl)c1. The van der Waals surface area contributed by atoms with Crippen LogP contribution in [0.15, 0.2) is 36.7 Å². The molecule has 0 bridgehead atoms. The number of hydrogen-bond acceptors (Lipinski definition) is 3. The summed E-state index contributed by atoms with van der Waals surface area (Å²) in [4.78, 5) is 16.4. The number of amides is 1. The Morgan fingerprint density at radius 3 is 2.74 bits per heavy atom. The average Bonchev–Trinajstić information content (AvgIpc) is 2.51. The Balaban J connectivity index is 2.06. The van der Waals surface area contributed by atoms with E-state index in [9.17, 15) is 4.79 Å². The normalized spacial score (nSPS) is 10.7. The van der Waals surface area contributed by atoms with Gasteiger partial charge in [-0.2, -0.15) is 0 Å². The number of nitrogens with zero attached hydrogens (tertiary/aromatic N) is 1. The van der Waals surface area contributed by atoms with Crippen LogP contribution in [0.3, 0.4) is 0 Å². The van der Waals surface area contributed by atoms with Crippen LogP contribution in [0.25, 0.3) is 0 Å². The number of hydrogen-bond donors (Lipinski definition) is 2. The summed E-state index contributed by atoms with van der Waals surface area (Å²) >= 11 is 12.0. The van der Waals surface area contributed by atoms with Gasteiger partial charge in [0.05, 0.1) is 22.0 Å². The van der Waals surface area contributed by atoms with E-state index in [0.717, 1.165) is 18.7 Å². The van der Waals surface area contributed by atoms with Crippen LogP contribution in [0.4, 0.5) is 11.4 Å². The summed E-state index contributed by atoms with van der Waals surface area (Å²) in [6, 6.07) is 6.68. The molecule has 2 rings (SSSR count). The second kappa shape index (κ2) is 8.18. The number of aromatic nitrogens is 1. The zero-order chi connectivity index (χ0) is 16.8. The Morgan fingerprint density at radius 2 is 2.00 bits per heavy atom. The standard InChI is InChI=1S/C17H19Cl2N3O/c1-11(2)5-6-21-14-7-12(9-20-10-14)17(23)22-16-8-13(18)3-4-15(16)19/h3-4,7-11,21H,5-6H2,1-2H3,(H,22,23). The Bertz CT molecular complexity index is 689. The molecule has 2 N–H and O–H groups in total. The molecule has 0 atom stereocenters. The van der Waals surface area contributed by atoms with E-state index >= 15 is 0 Å². The number of pyridine rings is 1. The predicted molar refractivity (Wildman–Crippen MR) is 96.6 cm³/mol. The van der Waals surface area contributed by atoms with Gasteiger partial charge in [-0.05, 0) is 36.6 Å². The second-order valence-corrected chi connectivity index (χ2v) is 6.49. The zero-order valence-corrected chi connectivity index (χ0v) is 14.6. The Morgan fingerprint density at radius 1 is 1.22 bits per heavy atom. The Labute approximate surface area is 146 Å². The Hall–Kier alpha value is -1.78. The quantitative estimate of drug-likeness (QED) is 0.761. The van der Waals surface area contributed by atoms with E-state index in [-0.39, 0.29) is 5.91 Å². The maximum atomic E-state index is 12.3. The van der Waals surface area contributed by atoms with E-state index in [0.29, 0.717) is 27.2 Å². The molecule has 0 fully saturated rings. The molecule has 1 heterocycles. The van der Waals surface area contributed by atoms with Crippen LogP contribution in [0.5, 0.6) is 0 Å². The van der Waals surface area contributed by atoms with Crippen molar-refractivity contribution < 1.29 is 4.79 Å². The van der Waals surface area contributed by atoms with E-state index in [4.69, 9.17) is 23.2 Å². The van der Waals surface area contributed by atoms with Crippen LogP contribution >= 0.6 is 23.2 Å². The molecule has 0 aliphatic rings. The van der Waals surface area contributed by atoms with Gasteiger partial charge in [0.25, 0.3) is 5.91 Å². The molecule has 6 heteroatoms. The van der Waals surface area contributed by atoms with E-state index in [1.165, 1.54) is 6.20 Å². The number of nitrogens with one attached hydrogen (secondary N) is 2. The van der Waals surface area contributed by atoms with Crippen molar-refractivity contribution in [3.63, 3.8) is 0 Å². The molecule has 1 aromatic heterocycles.